The molecule has 6 N–H and O–H groups in total. The molecule has 4 heterocycles. The number of carboxylic acid groups (broad SMARTS) is 1. The average Bonchev–Trinajstić information content (AvgIpc) is 4.03. The summed E-state index contributed by atoms with van der Waals surface area (Å²) in [6, 6.07) is 26.3. The molecule has 6 aromatic rings. The number of nitrogens with zero attached hydrogens (tertiary/aromatic N) is 5. The third kappa shape index (κ3) is 24.6. The first kappa shape index (κ1) is 59.1. The molecule has 0 fully saturated rings. The van der Waals surface area contributed by atoms with Gasteiger partial charge in [-0.1, -0.05) is 57.2 Å². The number of rotatable bonds is 18. The molecule has 0 aliphatic carbocycles. The lowest BCUT2D eigenvalue weighted by Gasteiger charge is -2.07. The van der Waals surface area contributed by atoms with Gasteiger partial charge in [0.25, 0.3) is 5.91 Å². The minimum absolute atomic E-state index is 0. The fourth-order valence-electron chi connectivity index (χ4n) is 6.30. The van der Waals surface area contributed by atoms with Gasteiger partial charge in [-0.05, 0) is 161 Å². The van der Waals surface area contributed by atoms with E-state index in [0.717, 1.165) is 109 Å². The number of aliphatic carboxylic acids is 1. The highest BCUT2D eigenvalue weighted by Gasteiger charge is 2.09. The molecular weight excluding hydrogens is 894 g/mol. The van der Waals surface area contributed by atoms with Crippen LogP contribution in [0.3, 0.4) is 0 Å². The lowest BCUT2D eigenvalue weighted by Crippen LogP contribution is -2.13. The second-order valence-corrected chi connectivity index (χ2v) is 15.4. The second kappa shape index (κ2) is 35.3. The van der Waals surface area contributed by atoms with E-state index in [-0.39, 0.29) is 31.5 Å². The van der Waals surface area contributed by atoms with Crippen molar-refractivity contribution >= 4 is 86.6 Å². The summed E-state index contributed by atoms with van der Waals surface area (Å²) in [6.07, 6.45) is 18.9. The SMILES string of the molecule is C.C#CC(=O)O.CC#CC(=O)Nc1cccc(CCC(=S)CCc2ccnc3[nH]ccc23)c1.CCN=C=NCCCN(C)C.Cl.Nc1cccc(CCC(=O)CCc2ccnc3[nH]ccc23)c1.[2H]C. The summed E-state index contributed by atoms with van der Waals surface area (Å²) in [5.74, 6) is 5.29. The first-order valence-corrected chi connectivity index (χ1v) is 21.8. The Hall–Kier alpha value is -6.93. The van der Waals surface area contributed by atoms with Crippen molar-refractivity contribution in [1.82, 2.24) is 24.8 Å². The number of fused-ring (bicyclic) bond motifs is 2. The number of carbonyl (C=O) groups is 3. The van der Waals surface area contributed by atoms with Gasteiger partial charge in [-0.2, -0.15) is 0 Å². The molecule has 0 atom stereocenters. The number of benzene rings is 2. The number of hydrogen-bond donors (Lipinski definition) is 5. The smallest absolute Gasteiger partial charge is 0.381 e. The molecule has 0 unspecified atom stereocenters. The number of carboxylic acids is 1. The number of H-pyrrole nitrogens is 2. The molecule has 362 valence electrons. The van der Waals surface area contributed by atoms with Crippen LogP contribution in [-0.2, 0) is 40.1 Å². The number of aromatic nitrogens is 4. The van der Waals surface area contributed by atoms with Crippen molar-refractivity contribution in [2.75, 3.05) is 44.8 Å². The van der Waals surface area contributed by atoms with E-state index in [9.17, 15) is 9.59 Å². The lowest BCUT2D eigenvalue weighted by molar-refractivity contribution is -0.130. The van der Waals surface area contributed by atoms with Gasteiger partial charge in [0.2, 0.25) is 0 Å². The van der Waals surface area contributed by atoms with Crippen LogP contribution >= 0.6 is 24.6 Å². The number of carbonyl (C=O) groups excluding carboxylic acids is 2. The predicted octanol–water partition coefficient (Wildman–Crippen LogP) is 10.3. The molecule has 15 heteroatoms. The summed E-state index contributed by atoms with van der Waals surface area (Å²) in [7, 11) is 5.37. The van der Waals surface area contributed by atoms with Crippen molar-refractivity contribution in [2.24, 2.45) is 9.98 Å². The van der Waals surface area contributed by atoms with Crippen molar-refractivity contribution < 1.29 is 20.9 Å². The Bertz CT molecular complexity index is 2640. The number of hydrogen-bond acceptors (Lipinski definition) is 10. The van der Waals surface area contributed by atoms with Crippen LogP contribution in [0.2, 0.25) is 0 Å². The van der Waals surface area contributed by atoms with Gasteiger partial charge in [-0.3, -0.25) is 9.59 Å². The normalized spacial score (nSPS) is 9.63. The highest BCUT2D eigenvalue weighted by molar-refractivity contribution is 7.80. The molecule has 2 aromatic carbocycles. The topological polar surface area (TPSA) is 195 Å². The fourth-order valence-corrected chi connectivity index (χ4v) is 6.51. The number of nitrogens with two attached hydrogens (primary N) is 1. The Morgan fingerprint density at radius 3 is 1.96 bits per heavy atom. The van der Waals surface area contributed by atoms with E-state index in [1.165, 1.54) is 29.8 Å². The number of halogens is 1. The Kier molecular flexibility index (Phi) is 30.7. The van der Waals surface area contributed by atoms with Crippen LogP contribution in [-0.4, -0.2) is 92.2 Å². The van der Waals surface area contributed by atoms with Crippen molar-refractivity contribution in [3.63, 3.8) is 0 Å². The van der Waals surface area contributed by atoms with Gasteiger partial charge in [0.05, 0.1) is 12.6 Å². The number of nitrogen functional groups attached to an aromatic ring is 1. The van der Waals surface area contributed by atoms with Gasteiger partial charge < -0.3 is 31.0 Å². The monoisotopic (exact) mass is 962 g/mol. The highest BCUT2D eigenvalue weighted by atomic mass is 35.5. The summed E-state index contributed by atoms with van der Waals surface area (Å²) >= 11 is 5.58. The molecule has 0 saturated carbocycles. The van der Waals surface area contributed by atoms with Crippen LogP contribution in [0.15, 0.2) is 108 Å². The Morgan fingerprint density at radius 1 is 0.853 bits per heavy atom. The van der Waals surface area contributed by atoms with E-state index in [1.807, 2.05) is 80.1 Å². The Balaban J connectivity index is 0.000000987. The predicted molar refractivity (Wildman–Crippen MR) is 288 cm³/mol. The Morgan fingerprint density at radius 2 is 1.40 bits per heavy atom. The number of anilines is 2. The number of thiocarbonyl (C=S) groups is 1. The summed E-state index contributed by atoms with van der Waals surface area (Å²) in [5.41, 5.74) is 13.8. The number of aliphatic imine (C=N–C) groups is 2. The van der Waals surface area contributed by atoms with Crippen LogP contribution in [0.5, 0.6) is 0 Å². The van der Waals surface area contributed by atoms with E-state index in [0.29, 0.717) is 12.8 Å². The maximum atomic E-state index is 12.1. The van der Waals surface area contributed by atoms with E-state index in [4.69, 9.17) is 29.2 Å². The zero-order valence-corrected chi connectivity index (χ0v) is 40.7. The van der Waals surface area contributed by atoms with E-state index in [2.05, 4.69) is 96.7 Å². The van der Waals surface area contributed by atoms with E-state index in [1.54, 1.807) is 13.1 Å². The summed E-state index contributed by atoms with van der Waals surface area (Å²) in [5, 5.41) is 12.5. The first-order valence-electron chi connectivity index (χ1n) is 22.4. The zero-order chi connectivity index (χ0) is 49.2. The van der Waals surface area contributed by atoms with Gasteiger partial charge in [-0.15, -0.1) is 18.8 Å². The van der Waals surface area contributed by atoms with Crippen molar-refractivity contribution in [2.45, 2.75) is 86.5 Å². The largest absolute Gasteiger partial charge is 0.472 e. The number of aryl methyl sites for hydroxylation is 4. The Labute approximate surface area is 415 Å². The number of pyridine rings is 2. The second-order valence-electron chi connectivity index (χ2n) is 14.8. The first-order chi connectivity index (χ1) is 32.4. The lowest BCUT2D eigenvalue weighted by atomic mass is 10.0. The molecule has 0 saturated heterocycles. The van der Waals surface area contributed by atoms with Gasteiger partial charge in [0, 0.05) is 73.6 Å². The number of Topliss-reactive ketones (excluding diaryl/α,β-unsaturated/α-hetero) is 1. The minimum atomic E-state index is -1.22. The molecule has 6 rings (SSSR count). The van der Waals surface area contributed by atoms with Crippen molar-refractivity contribution in [3.8, 4) is 24.2 Å². The van der Waals surface area contributed by atoms with Gasteiger partial charge in [0.15, 0.2) is 0 Å². The third-order valence-electron chi connectivity index (χ3n) is 9.51. The van der Waals surface area contributed by atoms with E-state index < -0.39 is 5.97 Å². The van der Waals surface area contributed by atoms with Crippen LogP contribution in [0.4, 0.5) is 11.4 Å². The van der Waals surface area contributed by atoms with E-state index >= 15 is 0 Å². The van der Waals surface area contributed by atoms with Crippen molar-refractivity contribution in [3.05, 3.63) is 120 Å². The quantitative estimate of drug-likeness (QED) is 0.0183. The maximum Gasteiger partial charge on any atom is 0.381 e. The van der Waals surface area contributed by atoms with Gasteiger partial charge in [0.1, 0.15) is 17.1 Å². The number of ketones is 1. The van der Waals surface area contributed by atoms with Gasteiger partial charge >= 0.3 is 5.97 Å². The van der Waals surface area contributed by atoms with Crippen LogP contribution in [0.1, 0.15) is 84.4 Å². The molecule has 0 aliphatic heterocycles. The number of aromatic amines is 2. The molecule has 4 aromatic heterocycles. The zero-order valence-electron chi connectivity index (χ0n) is 40.1. The van der Waals surface area contributed by atoms with Crippen LogP contribution in [0.25, 0.3) is 22.1 Å². The molecule has 0 aliphatic rings. The average molecular weight is 964 g/mol. The summed E-state index contributed by atoms with van der Waals surface area (Å²) < 4.78 is 5.75. The highest BCUT2D eigenvalue weighted by Crippen LogP contribution is 2.20. The number of nitrogens with one attached hydrogen (secondary N) is 3. The molecule has 0 bridgehead atoms. The molecule has 68 heavy (non-hydrogen) atoms. The fraction of sp³-hybridized carbons (Fsp3) is 0.340. The molecule has 0 spiro atoms. The van der Waals surface area contributed by atoms with Gasteiger partial charge in [-0.25, -0.2) is 24.7 Å². The number of amides is 1. The molecular formula is C53H68ClN9O4S. The summed E-state index contributed by atoms with van der Waals surface area (Å²) in [4.78, 5) is 58.7. The number of terminal acetylenes is 1. The molecule has 1 amide bonds. The van der Waals surface area contributed by atoms with Crippen molar-refractivity contribution in [1.29, 1.82) is 0 Å². The van der Waals surface area contributed by atoms with Crippen LogP contribution < -0.4 is 11.1 Å². The van der Waals surface area contributed by atoms with Crippen LogP contribution in [0, 0.1) is 24.2 Å². The minimum Gasteiger partial charge on any atom is -0.472 e. The summed E-state index contributed by atoms with van der Waals surface area (Å²) in [6.45, 7) is 6.31. The maximum absolute atomic E-state index is 12.1. The molecule has 0 radical (unpaired) electrons. The molecule has 13 nitrogen and oxygen atoms in total. The third-order valence-corrected chi connectivity index (χ3v) is 9.91. The standard InChI is InChI=1S/C22H21N3OS.C18H19N3O.C8H17N3.C3H2O2.2CH4.ClH/c1-2-4-21(26)25-18-6-3-5-16(15-18)7-9-19(27)10-8-17-11-13-23-22-20(17)12-14-24-22;19-15-3-1-2-13(12-15)4-6-16(22)7-5-14-8-10-20-18-17(14)9-11-21-18;1-4-9-8-10-6-5-7-11(2)3;1-2-3(4)5;;;/h3,5-6,11-15H,7-10H2,1H3,(H,23,24)(H,25,26);1-3,8-12H,4-7,19H2,(H,20,21);4-7H2,1-3H3;1H,(H,4,5);2*1H4;1H/i;;;;1D;;.